The smallest absolute Gasteiger partial charge is 0.358 e. The summed E-state index contributed by atoms with van der Waals surface area (Å²) in [5, 5.41) is 17.2. The molecule has 1 saturated heterocycles. The number of fused-ring (bicyclic) bond motifs is 1. The van der Waals surface area contributed by atoms with Crippen molar-refractivity contribution in [2.75, 3.05) is 37.0 Å². The quantitative estimate of drug-likeness (QED) is 0.513. The molecule has 10 nitrogen and oxygen atoms in total. The number of hydrogen-bond donors (Lipinski definition) is 0. The van der Waals surface area contributed by atoms with Gasteiger partial charge in [0.15, 0.2) is 0 Å². The number of rotatable bonds is 4. The predicted molar refractivity (Wildman–Crippen MR) is 92.5 cm³/mol. The summed E-state index contributed by atoms with van der Waals surface area (Å²) in [6.07, 6.45) is 3.26. The van der Waals surface area contributed by atoms with Gasteiger partial charge in [-0.15, -0.1) is 0 Å². The lowest BCUT2D eigenvalue weighted by atomic mass is 9.97. The second kappa shape index (κ2) is 5.99. The van der Waals surface area contributed by atoms with Gasteiger partial charge in [-0.3, -0.25) is 0 Å². The molecule has 1 fully saturated rings. The maximum Gasteiger partial charge on any atom is 0.373 e. The number of nitro groups is 1. The molecule has 0 bridgehead atoms. The van der Waals surface area contributed by atoms with E-state index in [0.29, 0.717) is 35.7 Å². The Morgan fingerprint density at radius 1 is 1.36 bits per heavy atom. The Morgan fingerprint density at radius 3 is 2.76 bits per heavy atom. The maximum atomic E-state index is 11.5. The fraction of sp³-hybridized carbons (Fsp3) is 0.500. The van der Waals surface area contributed by atoms with Gasteiger partial charge in [0.25, 0.3) is 10.9 Å². The van der Waals surface area contributed by atoms with Crippen LogP contribution in [0.15, 0.2) is 16.1 Å². The number of anilines is 2. The minimum atomic E-state index is -0.366. The van der Waals surface area contributed by atoms with Crippen LogP contribution in [0.5, 0.6) is 0 Å². The van der Waals surface area contributed by atoms with Crippen LogP contribution < -0.4 is 9.80 Å². The van der Waals surface area contributed by atoms with Crippen LogP contribution in [0, 0.1) is 10.1 Å². The molecule has 0 unspecified atom stereocenters. The van der Waals surface area contributed by atoms with E-state index >= 15 is 0 Å². The highest BCUT2D eigenvalue weighted by molar-refractivity contribution is 7.15. The minimum Gasteiger partial charge on any atom is -0.358 e. The van der Waals surface area contributed by atoms with E-state index in [1.165, 1.54) is 15.7 Å². The van der Waals surface area contributed by atoms with Crippen LogP contribution in [0.2, 0.25) is 0 Å². The first kappa shape index (κ1) is 15.8. The lowest BCUT2D eigenvalue weighted by Crippen LogP contribution is -2.33. The molecule has 0 aromatic carbocycles. The molecule has 1 aliphatic rings. The van der Waals surface area contributed by atoms with E-state index < -0.39 is 0 Å². The molecule has 0 amide bonds. The summed E-state index contributed by atoms with van der Waals surface area (Å²) < 4.78 is 6.89. The van der Waals surface area contributed by atoms with Gasteiger partial charge in [-0.05, 0) is 22.9 Å². The molecule has 0 spiro atoms. The zero-order valence-electron chi connectivity index (χ0n) is 13.8. The molecule has 0 radical (unpaired) electrons. The fourth-order valence-corrected chi connectivity index (χ4v) is 3.76. The average Bonchev–Trinajstić information content (AvgIpc) is 3.29. The average molecular weight is 363 g/mol. The van der Waals surface area contributed by atoms with Crippen LogP contribution in [0.1, 0.15) is 24.7 Å². The summed E-state index contributed by atoms with van der Waals surface area (Å²) in [4.78, 5) is 24.4. The summed E-state index contributed by atoms with van der Waals surface area (Å²) in [7, 11) is 3.72. The molecule has 0 aliphatic carbocycles. The Morgan fingerprint density at radius 2 is 2.12 bits per heavy atom. The van der Waals surface area contributed by atoms with E-state index in [4.69, 9.17) is 4.52 Å². The van der Waals surface area contributed by atoms with Crippen LogP contribution >= 0.6 is 11.3 Å². The molecule has 0 atom stereocenters. The number of nitrogens with zero attached hydrogens (tertiary/aromatic N) is 7. The van der Waals surface area contributed by atoms with Gasteiger partial charge in [-0.2, -0.15) is 14.4 Å². The van der Waals surface area contributed by atoms with E-state index in [-0.39, 0.29) is 16.7 Å². The lowest BCUT2D eigenvalue weighted by molar-refractivity contribution is -0.389. The van der Waals surface area contributed by atoms with Crippen LogP contribution in [-0.2, 0) is 0 Å². The van der Waals surface area contributed by atoms with Gasteiger partial charge in [0.1, 0.15) is 6.20 Å². The number of aromatic nitrogens is 4. The summed E-state index contributed by atoms with van der Waals surface area (Å²) in [5.74, 6) is 1.82. The molecule has 0 N–H and O–H groups in total. The minimum absolute atomic E-state index is 0.0300. The molecule has 4 rings (SSSR count). The molecule has 0 saturated carbocycles. The Hall–Kier alpha value is -2.69. The predicted octanol–water partition coefficient (Wildman–Crippen LogP) is 2.14. The third-order valence-corrected chi connectivity index (χ3v) is 5.12. The zero-order valence-corrected chi connectivity index (χ0v) is 14.6. The first-order valence-corrected chi connectivity index (χ1v) is 8.78. The normalized spacial score (nSPS) is 15.8. The summed E-state index contributed by atoms with van der Waals surface area (Å²) in [5.41, 5.74) is 0. The van der Waals surface area contributed by atoms with Gasteiger partial charge in [-0.1, -0.05) is 11.3 Å². The van der Waals surface area contributed by atoms with E-state index in [2.05, 4.69) is 15.1 Å². The maximum absolute atomic E-state index is 11.5. The first-order chi connectivity index (χ1) is 12.0. The fourth-order valence-electron chi connectivity index (χ4n) is 3.06. The Bertz CT molecular complexity index is 907. The monoisotopic (exact) mass is 363 g/mol. The van der Waals surface area contributed by atoms with Crippen molar-refractivity contribution in [1.82, 2.24) is 19.5 Å². The summed E-state index contributed by atoms with van der Waals surface area (Å²) in [6.45, 7) is 1.33. The highest BCUT2D eigenvalue weighted by Gasteiger charge is 2.32. The van der Waals surface area contributed by atoms with Gasteiger partial charge in [0, 0.05) is 38.5 Å². The summed E-state index contributed by atoms with van der Waals surface area (Å²) >= 11 is 1.39. The third-order valence-electron chi connectivity index (χ3n) is 4.37. The topological polar surface area (TPSA) is 106 Å². The van der Waals surface area contributed by atoms with Gasteiger partial charge in [-0.25, -0.2) is 0 Å². The number of piperidine rings is 1. The molecular formula is C14H17N7O3S. The molecular weight excluding hydrogens is 346 g/mol. The molecule has 132 valence electrons. The lowest BCUT2D eigenvalue weighted by Gasteiger charge is -2.29. The van der Waals surface area contributed by atoms with Crippen molar-refractivity contribution in [3.8, 4) is 0 Å². The number of imidazole rings is 1. The number of hydrogen-bond acceptors (Lipinski definition) is 9. The highest BCUT2D eigenvalue weighted by atomic mass is 32.1. The Labute approximate surface area is 146 Å². The van der Waals surface area contributed by atoms with Crippen molar-refractivity contribution in [3.63, 3.8) is 0 Å². The number of thiazole rings is 1. The molecule has 11 heteroatoms. The van der Waals surface area contributed by atoms with Gasteiger partial charge in [0.2, 0.25) is 11.7 Å². The first-order valence-electron chi connectivity index (χ1n) is 7.90. The van der Waals surface area contributed by atoms with Crippen molar-refractivity contribution in [3.05, 3.63) is 27.6 Å². The second-order valence-corrected chi connectivity index (χ2v) is 7.03. The molecule has 4 heterocycles. The van der Waals surface area contributed by atoms with E-state index in [1.54, 1.807) is 16.5 Å². The largest absolute Gasteiger partial charge is 0.373 e. The zero-order chi connectivity index (χ0) is 17.6. The Balaban J connectivity index is 1.53. The van der Waals surface area contributed by atoms with Crippen LogP contribution in [0.4, 0.5) is 17.6 Å². The second-order valence-electron chi connectivity index (χ2n) is 6.16. The highest BCUT2D eigenvalue weighted by Crippen LogP contribution is 2.35. The van der Waals surface area contributed by atoms with E-state index in [9.17, 15) is 10.1 Å². The SMILES string of the molecule is CN(C)c1noc(C2CCN(c3nc4sccn4c3[N+](=O)[O-])CC2)n1. The van der Waals surface area contributed by atoms with Crippen LogP contribution in [-0.4, -0.2) is 51.6 Å². The van der Waals surface area contributed by atoms with E-state index in [1.807, 2.05) is 19.0 Å². The van der Waals surface area contributed by atoms with Crippen molar-refractivity contribution < 1.29 is 9.45 Å². The van der Waals surface area contributed by atoms with Gasteiger partial charge >= 0.3 is 5.82 Å². The third kappa shape index (κ3) is 2.69. The molecule has 25 heavy (non-hydrogen) atoms. The van der Waals surface area contributed by atoms with Gasteiger partial charge in [0.05, 0.1) is 0 Å². The van der Waals surface area contributed by atoms with Crippen LogP contribution in [0.3, 0.4) is 0 Å². The van der Waals surface area contributed by atoms with Crippen molar-refractivity contribution in [1.29, 1.82) is 0 Å². The molecule has 3 aromatic heterocycles. The van der Waals surface area contributed by atoms with Crippen molar-refractivity contribution in [2.45, 2.75) is 18.8 Å². The standard InChI is InChI=1S/C14H17N7O3S/c1-18(2)13-16-11(24-17-13)9-3-5-19(6-4-9)10-12(21(22)23)20-7-8-25-14(20)15-10/h7-9H,3-6H2,1-2H3. The Kier molecular flexibility index (Phi) is 3.79. The van der Waals surface area contributed by atoms with Crippen molar-refractivity contribution in [2.24, 2.45) is 0 Å². The van der Waals surface area contributed by atoms with E-state index in [0.717, 1.165) is 12.8 Å². The van der Waals surface area contributed by atoms with Crippen LogP contribution in [0.25, 0.3) is 4.96 Å². The van der Waals surface area contributed by atoms with Crippen molar-refractivity contribution >= 4 is 33.9 Å². The summed E-state index contributed by atoms with van der Waals surface area (Å²) in [6, 6.07) is 0. The molecule has 1 aliphatic heterocycles. The van der Waals surface area contributed by atoms with Gasteiger partial charge < -0.3 is 24.4 Å². The molecule has 3 aromatic rings.